The maximum absolute atomic E-state index is 7.87. The van der Waals surface area contributed by atoms with Gasteiger partial charge in [-0.2, -0.15) is 0 Å². The molecule has 15 heavy (non-hydrogen) atoms. The van der Waals surface area contributed by atoms with E-state index in [2.05, 4.69) is 15.0 Å². The highest BCUT2D eigenvalue weighted by atomic mass is 16.7. The van der Waals surface area contributed by atoms with Gasteiger partial charge in [-0.15, -0.1) is 0 Å². The molecule has 88 valence electrons. The standard InChI is InChI=1S/C8H17N3O4/c1-2-12-3-4-13-5-6-14-7-8-15-11-10-9/h2-8H2,1H3. The summed E-state index contributed by atoms with van der Waals surface area (Å²) in [5.74, 6) is 0. The fraction of sp³-hybridized carbons (Fsp3) is 1.00. The second-order valence-electron chi connectivity index (χ2n) is 2.43. The molecule has 0 heterocycles. The molecule has 0 N–H and O–H groups in total. The minimum atomic E-state index is 0.253. The molecule has 0 saturated carbocycles. The summed E-state index contributed by atoms with van der Waals surface area (Å²) in [4.78, 5) is 6.89. The van der Waals surface area contributed by atoms with E-state index in [0.29, 0.717) is 39.6 Å². The number of hydrogen-bond donors (Lipinski definition) is 0. The molecule has 7 heteroatoms. The van der Waals surface area contributed by atoms with E-state index < -0.39 is 0 Å². The highest BCUT2D eigenvalue weighted by Crippen LogP contribution is 1.82. The molecule has 0 saturated heterocycles. The number of nitrogens with zero attached hydrogens (tertiary/aromatic N) is 3. The Hall–Kier alpha value is -1.01. The molecule has 0 spiro atoms. The van der Waals surface area contributed by atoms with Crippen LogP contribution in [0.25, 0.3) is 10.4 Å². The van der Waals surface area contributed by atoms with Gasteiger partial charge in [-0.1, -0.05) is 0 Å². The predicted octanol–water partition coefficient (Wildman–Crippen LogP) is 1.30. The van der Waals surface area contributed by atoms with E-state index in [0.717, 1.165) is 0 Å². The molecule has 0 rings (SSSR count). The molecule has 7 nitrogen and oxygen atoms in total. The number of rotatable bonds is 11. The third-order valence-electron chi connectivity index (χ3n) is 1.36. The van der Waals surface area contributed by atoms with Crippen molar-refractivity contribution in [2.75, 3.05) is 46.2 Å². The van der Waals surface area contributed by atoms with Gasteiger partial charge in [0, 0.05) is 11.5 Å². The summed E-state index contributed by atoms with van der Waals surface area (Å²) >= 11 is 0. The van der Waals surface area contributed by atoms with Gasteiger partial charge in [-0.25, -0.2) is 0 Å². The first-order valence-corrected chi connectivity index (χ1v) is 4.81. The van der Waals surface area contributed by atoms with Gasteiger partial charge in [0.15, 0.2) is 0 Å². The Morgan fingerprint density at radius 1 is 0.933 bits per heavy atom. The molecule has 0 aliphatic rings. The van der Waals surface area contributed by atoms with Gasteiger partial charge >= 0.3 is 0 Å². The molecule has 0 aromatic carbocycles. The second kappa shape index (κ2) is 13.0. The normalized spacial score (nSPS) is 9.67. The quantitative estimate of drug-likeness (QED) is 0.172. The van der Waals surface area contributed by atoms with Crippen LogP contribution in [0, 0.1) is 0 Å². The van der Waals surface area contributed by atoms with Gasteiger partial charge in [-0.3, -0.25) is 0 Å². The van der Waals surface area contributed by atoms with Crippen molar-refractivity contribution in [3.05, 3.63) is 10.4 Å². The third kappa shape index (κ3) is 13.0. The average molecular weight is 219 g/mol. The maximum atomic E-state index is 7.87. The second-order valence-corrected chi connectivity index (χ2v) is 2.43. The van der Waals surface area contributed by atoms with E-state index in [1.807, 2.05) is 6.92 Å². The Morgan fingerprint density at radius 2 is 1.47 bits per heavy atom. The van der Waals surface area contributed by atoms with Crippen LogP contribution in [0.1, 0.15) is 6.92 Å². The van der Waals surface area contributed by atoms with Crippen molar-refractivity contribution in [2.24, 2.45) is 5.28 Å². The molecule has 0 bridgehead atoms. The van der Waals surface area contributed by atoms with Crippen LogP contribution in [0.15, 0.2) is 5.28 Å². The lowest BCUT2D eigenvalue weighted by atomic mass is 10.7. The summed E-state index contributed by atoms with van der Waals surface area (Å²) in [5.41, 5.74) is 7.87. The number of azide groups is 1. The fourth-order valence-electron chi connectivity index (χ4n) is 0.747. The van der Waals surface area contributed by atoms with Crippen LogP contribution in [0.2, 0.25) is 0 Å². The zero-order valence-electron chi connectivity index (χ0n) is 8.92. The van der Waals surface area contributed by atoms with Gasteiger partial charge in [-0.05, 0) is 12.5 Å². The predicted molar refractivity (Wildman–Crippen MR) is 53.2 cm³/mol. The maximum Gasteiger partial charge on any atom is 0.120 e. The first kappa shape index (κ1) is 14.0. The highest BCUT2D eigenvalue weighted by Gasteiger charge is 1.90. The van der Waals surface area contributed by atoms with E-state index in [1.54, 1.807) is 0 Å². The molecule has 0 aromatic heterocycles. The Bertz CT molecular complexity index is 173. The summed E-state index contributed by atoms with van der Waals surface area (Å²) in [7, 11) is 0. The van der Waals surface area contributed by atoms with E-state index >= 15 is 0 Å². The summed E-state index contributed by atoms with van der Waals surface area (Å²) in [5, 5.41) is 2.89. The topological polar surface area (TPSA) is 85.7 Å². The SMILES string of the molecule is CCOCCOCCOCCON=[N+]=[N-]. The van der Waals surface area contributed by atoms with E-state index in [9.17, 15) is 0 Å². The Labute approximate surface area is 88.8 Å². The van der Waals surface area contributed by atoms with Gasteiger partial charge in [0.25, 0.3) is 0 Å². The van der Waals surface area contributed by atoms with Crippen molar-refractivity contribution in [2.45, 2.75) is 6.92 Å². The van der Waals surface area contributed by atoms with Crippen molar-refractivity contribution in [3.8, 4) is 0 Å². The molecule has 0 aliphatic heterocycles. The average Bonchev–Trinajstić information content (AvgIpc) is 2.26. The summed E-state index contributed by atoms with van der Waals surface area (Å²) in [6.45, 7) is 5.48. The van der Waals surface area contributed by atoms with E-state index in [4.69, 9.17) is 19.7 Å². The van der Waals surface area contributed by atoms with Crippen molar-refractivity contribution in [3.63, 3.8) is 0 Å². The van der Waals surface area contributed by atoms with Crippen molar-refractivity contribution in [1.29, 1.82) is 0 Å². The zero-order chi connectivity index (χ0) is 11.2. The number of hydrogen-bond acceptors (Lipinski definition) is 5. The lowest BCUT2D eigenvalue weighted by Gasteiger charge is -2.05. The first-order chi connectivity index (χ1) is 7.41. The van der Waals surface area contributed by atoms with E-state index in [-0.39, 0.29) is 6.61 Å². The van der Waals surface area contributed by atoms with Gasteiger partial charge in [0.05, 0.1) is 33.0 Å². The zero-order valence-corrected chi connectivity index (χ0v) is 8.92. The molecule has 0 amide bonds. The molecule has 0 aromatic rings. The van der Waals surface area contributed by atoms with Crippen LogP contribution in [0.4, 0.5) is 0 Å². The minimum absolute atomic E-state index is 0.253. The number of ether oxygens (including phenoxy) is 3. The van der Waals surface area contributed by atoms with Crippen LogP contribution in [0.3, 0.4) is 0 Å². The fourth-order valence-corrected chi connectivity index (χ4v) is 0.747. The lowest BCUT2D eigenvalue weighted by Crippen LogP contribution is -2.11. The van der Waals surface area contributed by atoms with Crippen LogP contribution in [-0.2, 0) is 19.0 Å². The monoisotopic (exact) mass is 219 g/mol. The van der Waals surface area contributed by atoms with Gasteiger partial charge < -0.3 is 19.0 Å². The highest BCUT2D eigenvalue weighted by molar-refractivity contribution is 4.34. The Kier molecular flexibility index (Phi) is 12.1. The Morgan fingerprint density at radius 3 is 2.00 bits per heavy atom. The minimum Gasteiger partial charge on any atom is -0.431 e. The summed E-state index contributed by atoms with van der Waals surface area (Å²) < 4.78 is 15.4. The lowest BCUT2D eigenvalue weighted by molar-refractivity contribution is -0.000498. The molecule has 0 atom stereocenters. The van der Waals surface area contributed by atoms with E-state index in [1.165, 1.54) is 0 Å². The molecular weight excluding hydrogens is 202 g/mol. The Balaban J connectivity index is 2.89. The molecule has 0 fully saturated rings. The summed E-state index contributed by atoms with van der Waals surface area (Å²) in [6, 6.07) is 0. The first-order valence-electron chi connectivity index (χ1n) is 4.81. The van der Waals surface area contributed by atoms with Crippen LogP contribution in [-0.4, -0.2) is 46.2 Å². The molecule has 0 unspecified atom stereocenters. The van der Waals surface area contributed by atoms with Crippen LogP contribution < -0.4 is 0 Å². The molecule has 0 radical (unpaired) electrons. The third-order valence-corrected chi connectivity index (χ3v) is 1.36. The summed E-state index contributed by atoms with van der Waals surface area (Å²) in [6.07, 6.45) is 0. The van der Waals surface area contributed by atoms with Crippen LogP contribution >= 0.6 is 0 Å². The smallest absolute Gasteiger partial charge is 0.120 e. The van der Waals surface area contributed by atoms with Crippen molar-refractivity contribution >= 4 is 0 Å². The van der Waals surface area contributed by atoms with Crippen molar-refractivity contribution in [1.82, 2.24) is 0 Å². The van der Waals surface area contributed by atoms with Gasteiger partial charge in [0.1, 0.15) is 11.9 Å². The molecule has 0 aliphatic carbocycles. The van der Waals surface area contributed by atoms with Crippen LogP contribution in [0.5, 0.6) is 0 Å². The molecular formula is C8H17N3O4. The largest absolute Gasteiger partial charge is 0.431 e. The van der Waals surface area contributed by atoms with Crippen molar-refractivity contribution < 1.29 is 19.0 Å². The van der Waals surface area contributed by atoms with Gasteiger partial charge in [0.2, 0.25) is 0 Å².